The zero-order valence-corrected chi connectivity index (χ0v) is 11.5. The predicted molar refractivity (Wildman–Crippen MR) is 68.2 cm³/mol. The van der Waals surface area contributed by atoms with Crippen LogP contribution in [0.25, 0.3) is 0 Å². The Kier molecular flexibility index (Phi) is 9.84. The fourth-order valence-corrected chi connectivity index (χ4v) is 1.47. The van der Waals surface area contributed by atoms with E-state index in [9.17, 15) is 9.59 Å². The van der Waals surface area contributed by atoms with Crippen molar-refractivity contribution in [1.29, 1.82) is 0 Å². The van der Waals surface area contributed by atoms with Gasteiger partial charge < -0.3 is 35.4 Å². The van der Waals surface area contributed by atoms with Crippen molar-refractivity contribution in [2.75, 3.05) is 13.2 Å². The quantitative estimate of drug-likeness (QED) is 0.304. The van der Waals surface area contributed by atoms with Crippen molar-refractivity contribution in [3.8, 4) is 0 Å². The molecule has 1 aliphatic heterocycles. The second kappa shape index (κ2) is 10.5. The molecule has 0 aromatic heterocycles. The van der Waals surface area contributed by atoms with Gasteiger partial charge in [0, 0.05) is 6.42 Å². The second-order valence-electron chi connectivity index (χ2n) is 4.55. The number of carbonyl (C=O) groups is 2. The molecule has 4 unspecified atom stereocenters. The molecule has 9 nitrogen and oxygen atoms in total. The van der Waals surface area contributed by atoms with Crippen molar-refractivity contribution >= 4 is 11.9 Å². The molecule has 4 atom stereocenters. The van der Waals surface area contributed by atoms with E-state index < -0.39 is 37.0 Å². The molecular formula is C12H22O9. The van der Waals surface area contributed by atoms with Gasteiger partial charge >= 0.3 is 11.9 Å². The van der Waals surface area contributed by atoms with E-state index in [0.29, 0.717) is 13.0 Å². The number of carboxylic acid groups (broad SMARTS) is 1. The second-order valence-corrected chi connectivity index (χ2v) is 4.55. The maximum absolute atomic E-state index is 10.5. The number of hydrogen-bond acceptors (Lipinski definition) is 8. The molecule has 0 aromatic rings. The summed E-state index contributed by atoms with van der Waals surface area (Å²) >= 11 is 0. The third-order valence-corrected chi connectivity index (χ3v) is 2.80. The first-order chi connectivity index (χ1) is 9.81. The molecule has 1 saturated heterocycles. The minimum atomic E-state index is -2.20. The highest BCUT2D eigenvalue weighted by Crippen LogP contribution is 2.06. The van der Waals surface area contributed by atoms with E-state index in [1.165, 1.54) is 0 Å². The van der Waals surface area contributed by atoms with Crippen LogP contribution >= 0.6 is 0 Å². The van der Waals surface area contributed by atoms with Gasteiger partial charge in [-0.1, -0.05) is 0 Å². The molecular weight excluding hydrogens is 288 g/mol. The van der Waals surface area contributed by atoms with Crippen LogP contribution in [-0.2, 0) is 14.3 Å². The molecule has 21 heavy (non-hydrogen) atoms. The molecule has 0 saturated carbocycles. The van der Waals surface area contributed by atoms with Crippen molar-refractivity contribution in [1.82, 2.24) is 0 Å². The number of rotatable bonds is 5. The molecule has 0 aromatic carbocycles. The van der Waals surface area contributed by atoms with E-state index in [2.05, 4.69) is 0 Å². The zero-order valence-electron chi connectivity index (χ0n) is 11.5. The van der Waals surface area contributed by atoms with E-state index in [4.69, 9.17) is 35.4 Å². The number of hydrogen-bond donors (Lipinski definition) is 6. The maximum atomic E-state index is 10.5. The van der Waals surface area contributed by atoms with Gasteiger partial charge in [-0.25, -0.2) is 4.79 Å². The van der Waals surface area contributed by atoms with E-state index in [1.807, 2.05) is 0 Å². The summed E-state index contributed by atoms with van der Waals surface area (Å²) in [4.78, 5) is 20.6. The molecule has 6 N–H and O–H groups in total. The summed E-state index contributed by atoms with van der Waals surface area (Å²) in [5, 5.41) is 51.8. The summed E-state index contributed by atoms with van der Waals surface area (Å²) in [6.45, 7) is -0.205. The fraction of sp³-hybridized carbons (Fsp3) is 0.833. The third-order valence-electron chi connectivity index (χ3n) is 2.80. The average Bonchev–Trinajstić information content (AvgIpc) is 2.72. The Morgan fingerprint density at radius 3 is 2.24 bits per heavy atom. The third kappa shape index (κ3) is 7.93. The molecule has 1 heterocycles. The Morgan fingerprint density at radius 2 is 1.71 bits per heavy atom. The summed E-state index contributed by atoms with van der Waals surface area (Å²) in [6, 6.07) is 0. The summed E-state index contributed by atoms with van der Waals surface area (Å²) in [7, 11) is 0. The van der Waals surface area contributed by atoms with Gasteiger partial charge in [-0.15, -0.1) is 0 Å². The summed E-state index contributed by atoms with van der Waals surface area (Å²) in [6.07, 6.45) is -4.01. The number of carboxylic acids is 1. The van der Waals surface area contributed by atoms with Crippen LogP contribution < -0.4 is 0 Å². The van der Waals surface area contributed by atoms with Crippen molar-refractivity contribution in [2.24, 2.45) is 0 Å². The van der Waals surface area contributed by atoms with Gasteiger partial charge in [0.2, 0.25) is 0 Å². The zero-order chi connectivity index (χ0) is 16.4. The largest absolute Gasteiger partial charge is 0.479 e. The molecule has 124 valence electrons. The standard InChI is InChI=1S/C6H12O7.C6H10O2/c7-1-2(8)3(9)4(10)5(11)6(12)13;7-6-4-2-1-3-5-8-6/h2-5,7-11H,1H2,(H,12,13);1-5H2. The Morgan fingerprint density at radius 1 is 1.10 bits per heavy atom. The van der Waals surface area contributed by atoms with Crippen LogP contribution in [0.5, 0.6) is 0 Å². The molecule has 1 rings (SSSR count). The van der Waals surface area contributed by atoms with Crippen LogP contribution in [-0.4, -0.2) is 80.2 Å². The van der Waals surface area contributed by atoms with Crippen molar-refractivity contribution in [3.63, 3.8) is 0 Å². The number of carbonyl (C=O) groups excluding carboxylic acids is 1. The van der Waals surface area contributed by atoms with E-state index in [-0.39, 0.29) is 5.97 Å². The first-order valence-corrected chi connectivity index (χ1v) is 6.52. The van der Waals surface area contributed by atoms with Crippen LogP contribution in [0.1, 0.15) is 25.7 Å². The van der Waals surface area contributed by atoms with Crippen molar-refractivity contribution in [2.45, 2.75) is 50.1 Å². The molecule has 0 amide bonds. The number of aliphatic carboxylic acids is 1. The fourth-order valence-electron chi connectivity index (χ4n) is 1.47. The van der Waals surface area contributed by atoms with Crippen LogP contribution in [0.3, 0.4) is 0 Å². The lowest BCUT2D eigenvalue weighted by Crippen LogP contribution is -2.48. The van der Waals surface area contributed by atoms with Gasteiger partial charge in [0.05, 0.1) is 13.2 Å². The summed E-state index contributed by atoms with van der Waals surface area (Å²) < 4.78 is 4.76. The van der Waals surface area contributed by atoms with E-state index in [1.54, 1.807) is 0 Å². The van der Waals surface area contributed by atoms with E-state index in [0.717, 1.165) is 19.3 Å². The van der Waals surface area contributed by atoms with Crippen molar-refractivity contribution < 1.29 is 45.0 Å². The van der Waals surface area contributed by atoms with Crippen molar-refractivity contribution in [3.05, 3.63) is 0 Å². The van der Waals surface area contributed by atoms with Gasteiger partial charge in [0.25, 0.3) is 0 Å². The van der Waals surface area contributed by atoms with E-state index >= 15 is 0 Å². The average molecular weight is 310 g/mol. The molecule has 9 heteroatoms. The number of ether oxygens (including phenoxy) is 1. The Balaban J connectivity index is 0.000000423. The van der Waals surface area contributed by atoms with Crippen LogP contribution in [0.15, 0.2) is 0 Å². The lowest BCUT2D eigenvalue weighted by atomic mass is 10.0. The van der Waals surface area contributed by atoms with Gasteiger partial charge in [-0.3, -0.25) is 4.79 Å². The van der Waals surface area contributed by atoms with Gasteiger partial charge in [-0.2, -0.15) is 0 Å². The lowest BCUT2D eigenvalue weighted by Gasteiger charge is -2.23. The van der Waals surface area contributed by atoms with Crippen LogP contribution in [0, 0.1) is 0 Å². The maximum Gasteiger partial charge on any atom is 0.335 e. The minimum Gasteiger partial charge on any atom is -0.479 e. The van der Waals surface area contributed by atoms with Crippen LogP contribution in [0.4, 0.5) is 0 Å². The monoisotopic (exact) mass is 310 g/mol. The summed E-state index contributed by atoms with van der Waals surface area (Å²) in [5.41, 5.74) is 0. The summed E-state index contributed by atoms with van der Waals surface area (Å²) in [5.74, 6) is -1.75. The minimum absolute atomic E-state index is 0.0255. The predicted octanol–water partition coefficient (Wildman–Crippen LogP) is -2.39. The molecule has 0 aliphatic carbocycles. The van der Waals surface area contributed by atoms with Gasteiger partial charge in [0.1, 0.15) is 18.3 Å². The van der Waals surface area contributed by atoms with Gasteiger partial charge in [0.15, 0.2) is 6.10 Å². The van der Waals surface area contributed by atoms with Crippen LogP contribution in [0.2, 0.25) is 0 Å². The first-order valence-electron chi connectivity index (χ1n) is 6.52. The molecule has 0 spiro atoms. The number of aliphatic hydroxyl groups excluding tert-OH is 5. The highest BCUT2D eigenvalue weighted by Gasteiger charge is 2.33. The smallest absolute Gasteiger partial charge is 0.335 e. The lowest BCUT2D eigenvalue weighted by molar-refractivity contribution is -0.164. The highest BCUT2D eigenvalue weighted by molar-refractivity contribution is 5.72. The number of esters is 1. The Labute approximate surface area is 121 Å². The Hall–Kier alpha value is -1.26. The molecule has 0 bridgehead atoms. The van der Waals surface area contributed by atoms with Gasteiger partial charge in [-0.05, 0) is 19.3 Å². The number of cyclic esters (lactones) is 1. The number of aliphatic hydroxyl groups is 5. The molecule has 1 aliphatic rings. The molecule has 0 radical (unpaired) electrons. The Bertz CT molecular complexity index is 310. The highest BCUT2D eigenvalue weighted by atomic mass is 16.5. The molecule has 1 fully saturated rings. The topological polar surface area (TPSA) is 165 Å². The first kappa shape index (κ1) is 19.7. The SMILES string of the molecule is O=C(O)C(O)C(O)C(O)C(O)CO.O=C1CCCCCO1. The normalized spacial score (nSPS) is 20.9.